The molecule has 2 amide bonds. The molecule has 0 aromatic heterocycles. The van der Waals surface area contributed by atoms with Gasteiger partial charge in [0.1, 0.15) is 0 Å². The number of alkyl halides is 3. The van der Waals surface area contributed by atoms with Crippen LogP contribution in [0.15, 0.2) is 0 Å². The molecule has 21 heavy (non-hydrogen) atoms. The minimum absolute atomic E-state index is 0.147. The third-order valence-electron chi connectivity index (χ3n) is 4.37. The summed E-state index contributed by atoms with van der Waals surface area (Å²) in [7, 11) is 1.52. The number of carbonyl (C=O) groups is 2. The summed E-state index contributed by atoms with van der Waals surface area (Å²) in [5.41, 5.74) is -2.86. The van der Waals surface area contributed by atoms with Gasteiger partial charge in [0.2, 0.25) is 0 Å². The minimum atomic E-state index is -4.88. The molecule has 1 heterocycles. The van der Waals surface area contributed by atoms with Crippen molar-refractivity contribution >= 4 is 12.0 Å². The maximum Gasteiger partial charge on any atom is 0.406 e. The van der Waals surface area contributed by atoms with E-state index >= 15 is 0 Å². The number of carbonyl (C=O) groups excluding carboxylic acids is 1. The summed E-state index contributed by atoms with van der Waals surface area (Å²) < 4.78 is 39.2. The van der Waals surface area contributed by atoms with Gasteiger partial charge in [0.05, 0.1) is 0 Å². The maximum absolute atomic E-state index is 13.1. The van der Waals surface area contributed by atoms with Gasteiger partial charge in [-0.1, -0.05) is 13.8 Å². The van der Waals surface area contributed by atoms with Crippen LogP contribution in [0.5, 0.6) is 0 Å². The zero-order chi connectivity index (χ0) is 16.6. The van der Waals surface area contributed by atoms with E-state index in [4.69, 9.17) is 5.11 Å². The van der Waals surface area contributed by atoms with Crippen LogP contribution in [0, 0.1) is 11.3 Å². The van der Waals surface area contributed by atoms with E-state index < -0.39 is 36.6 Å². The summed E-state index contributed by atoms with van der Waals surface area (Å²) in [4.78, 5) is 25.6. The Kier molecular flexibility index (Phi) is 4.80. The number of hydrogen-bond donors (Lipinski definition) is 1. The Morgan fingerprint density at radius 3 is 2.14 bits per heavy atom. The lowest BCUT2D eigenvalue weighted by Crippen LogP contribution is -2.50. The first-order valence-electron chi connectivity index (χ1n) is 6.76. The van der Waals surface area contributed by atoms with Crippen LogP contribution in [0.2, 0.25) is 0 Å². The molecule has 0 spiro atoms. The standard InChI is InChI=1S/C13H21F3N2O3/c1-8(2)9(3)17(4)11(21)18-6-5-12(7-18,10(19)20)13(14,15)16/h8-9H,5-7H2,1-4H3,(H,19,20). The Morgan fingerprint density at radius 2 is 1.81 bits per heavy atom. The fourth-order valence-corrected chi connectivity index (χ4v) is 2.34. The highest BCUT2D eigenvalue weighted by molar-refractivity contribution is 5.80. The van der Waals surface area contributed by atoms with Crippen LogP contribution in [0.4, 0.5) is 18.0 Å². The van der Waals surface area contributed by atoms with Gasteiger partial charge in [-0.3, -0.25) is 4.79 Å². The molecule has 0 aromatic rings. The maximum atomic E-state index is 13.1. The van der Waals surface area contributed by atoms with Crippen molar-refractivity contribution in [2.75, 3.05) is 20.1 Å². The Hall–Kier alpha value is -1.47. The van der Waals surface area contributed by atoms with Crippen LogP contribution < -0.4 is 0 Å². The van der Waals surface area contributed by atoms with Gasteiger partial charge < -0.3 is 14.9 Å². The predicted molar refractivity (Wildman–Crippen MR) is 69.8 cm³/mol. The van der Waals surface area contributed by atoms with Crippen LogP contribution in [0.3, 0.4) is 0 Å². The first-order valence-corrected chi connectivity index (χ1v) is 6.76. The summed E-state index contributed by atoms with van der Waals surface area (Å²) in [5.74, 6) is -1.78. The third-order valence-corrected chi connectivity index (χ3v) is 4.37. The number of carboxylic acids is 1. The molecule has 1 aliphatic heterocycles. The van der Waals surface area contributed by atoms with E-state index in [0.717, 1.165) is 4.90 Å². The smallest absolute Gasteiger partial charge is 0.406 e. The molecule has 1 saturated heterocycles. The van der Waals surface area contributed by atoms with Crippen molar-refractivity contribution in [3.8, 4) is 0 Å². The number of carboxylic acid groups (broad SMARTS) is 1. The van der Waals surface area contributed by atoms with Gasteiger partial charge in [-0.2, -0.15) is 13.2 Å². The van der Waals surface area contributed by atoms with Crippen molar-refractivity contribution < 1.29 is 27.9 Å². The van der Waals surface area contributed by atoms with E-state index in [-0.39, 0.29) is 18.5 Å². The first-order chi connectivity index (χ1) is 9.44. The molecule has 1 aliphatic rings. The number of rotatable bonds is 3. The second kappa shape index (κ2) is 5.73. The number of aliphatic carboxylic acids is 1. The van der Waals surface area contributed by atoms with Crippen LogP contribution >= 0.6 is 0 Å². The van der Waals surface area contributed by atoms with Crippen molar-refractivity contribution in [1.82, 2.24) is 9.80 Å². The van der Waals surface area contributed by atoms with E-state index in [0.29, 0.717) is 0 Å². The highest BCUT2D eigenvalue weighted by Gasteiger charge is 2.64. The lowest BCUT2D eigenvalue weighted by atomic mass is 9.86. The third kappa shape index (κ3) is 3.08. The number of hydrogen-bond acceptors (Lipinski definition) is 2. The SMILES string of the molecule is CC(C)C(C)N(C)C(=O)N1CCC(C(=O)O)(C(F)(F)F)C1. The fraction of sp³-hybridized carbons (Fsp3) is 0.846. The van der Waals surface area contributed by atoms with Gasteiger partial charge in [0.25, 0.3) is 0 Å². The minimum Gasteiger partial charge on any atom is -0.481 e. The number of nitrogens with zero attached hydrogens (tertiary/aromatic N) is 2. The highest BCUT2D eigenvalue weighted by Crippen LogP contribution is 2.45. The van der Waals surface area contributed by atoms with Gasteiger partial charge >= 0.3 is 18.2 Å². The lowest BCUT2D eigenvalue weighted by Gasteiger charge is -2.33. The molecule has 5 nitrogen and oxygen atoms in total. The molecule has 1 N–H and O–H groups in total. The summed E-state index contributed by atoms with van der Waals surface area (Å²) in [5, 5.41) is 8.96. The number of likely N-dealkylation sites (tertiary alicyclic amines) is 1. The summed E-state index contributed by atoms with van der Waals surface area (Å²) in [6, 6.07) is -0.716. The molecule has 1 fully saturated rings. The van der Waals surface area contributed by atoms with Gasteiger partial charge in [-0.15, -0.1) is 0 Å². The molecule has 0 radical (unpaired) electrons. The lowest BCUT2D eigenvalue weighted by molar-refractivity contribution is -0.227. The normalized spacial score (nSPS) is 24.3. The van der Waals surface area contributed by atoms with E-state index in [9.17, 15) is 22.8 Å². The molecule has 2 atom stereocenters. The largest absolute Gasteiger partial charge is 0.481 e. The molecule has 0 aromatic carbocycles. The predicted octanol–water partition coefficient (Wildman–Crippen LogP) is 2.42. The van der Waals surface area contributed by atoms with E-state index in [2.05, 4.69) is 0 Å². The zero-order valence-electron chi connectivity index (χ0n) is 12.6. The summed E-state index contributed by atoms with van der Waals surface area (Å²) in [6.45, 7) is 4.55. The highest BCUT2D eigenvalue weighted by atomic mass is 19.4. The average molecular weight is 310 g/mol. The topological polar surface area (TPSA) is 60.9 Å². The van der Waals surface area contributed by atoms with Gasteiger partial charge in [0.15, 0.2) is 5.41 Å². The Labute approximate surface area is 121 Å². The molecular weight excluding hydrogens is 289 g/mol. The van der Waals surface area contributed by atoms with Gasteiger partial charge in [-0.05, 0) is 19.3 Å². The van der Waals surface area contributed by atoms with Crippen molar-refractivity contribution in [2.24, 2.45) is 11.3 Å². The molecule has 8 heteroatoms. The van der Waals surface area contributed by atoms with Crippen molar-refractivity contribution in [3.05, 3.63) is 0 Å². The molecule has 0 aliphatic carbocycles. The molecule has 1 rings (SSSR count). The molecule has 0 saturated carbocycles. The number of urea groups is 1. The average Bonchev–Trinajstić information content (AvgIpc) is 2.81. The Morgan fingerprint density at radius 1 is 1.29 bits per heavy atom. The van der Waals surface area contributed by atoms with Crippen LogP contribution in [-0.4, -0.2) is 59.3 Å². The Bertz CT molecular complexity index is 425. The zero-order valence-corrected chi connectivity index (χ0v) is 12.6. The second-order valence-corrected chi connectivity index (χ2v) is 5.93. The molecule has 0 bridgehead atoms. The van der Waals surface area contributed by atoms with Crippen molar-refractivity contribution in [1.29, 1.82) is 0 Å². The van der Waals surface area contributed by atoms with Crippen LogP contribution in [-0.2, 0) is 4.79 Å². The van der Waals surface area contributed by atoms with E-state index in [1.54, 1.807) is 6.92 Å². The van der Waals surface area contributed by atoms with Crippen molar-refractivity contribution in [3.63, 3.8) is 0 Å². The van der Waals surface area contributed by atoms with Gasteiger partial charge in [0, 0.05) is 26.2 Å². The van der Waals surface area contributed by atoms with Gasteiger partial charge in [-0.25, -0.2) is 4.79 Å². The quantitative estimate of drug-likeness (QED) is 0.871. The summed E-state index contributed by atoms with van der Waals surface area (Å²) in [6.07, 6.45) is -5.49. The van der Waals surface area contributed by atoms with Crippen molar-refractivity contribution in [2.45, 2.75) is 39.4 Å². The van der Waals surface area contributed by atoms with Crippen LogP contribution in [0.25, 0.3) is 0 Å². The monoisotopic (exact) mass is 310 g/mol. The first kappa shape index (κ1) is 17.6. The summed E-state index contributed by atoms with van der Waals surface area (Å²) >= 11 is 0. The fourth-order valence-electron chi connectivity index (χ4n) is 2.34. The molecular formula is C13H21F3N2O3. The molecule has 2 unspecified atom stereocenters. The van der Waals surface area contributed by atoms with Crippen LogP contribution in [0.1, 0.15) is 27.2 Å². The second-order valence-electron chi connectivity index (χ2n) is 5.93. The number of halogens is 3. The van der Waals surface area contributed by atoms with E-state index in [1.807, 2.05) is 13.8 Å². The number of amides is 2. The molecule has 122 valence electrons. The Balaban J connectivity index is 2.91. The van der Waals surface area contributed by atoms with E-state index in [1.165, 1.54) is 11.9 Å².